The Bertz CT molecular complexity index is 1600. The first-order valence-corrected chi connectivity index (χ1v) is 16.1. The first kappa shape index (κ1) is 35.4. The molecule has 1 unspecified atom stereocenters. The van der Waals surface area contributed by atoms with Crippen LogP contribution in [0.2, 0.25) is 0 Å². The summed E-state index contributed by atoms with van der Waals surface area (Å²) in [6.07, 6.45) is -1.75. The lowest BCUT2D eigenvalue weighted by atomic mass is 9.96. The van der Waals surface area contributed by atoms with Crippen LogP contribution in [0.25, 0.3) is 0 Å². The van der Waals surface area contributed by atoms with E-state index in [1.165, 1.54) is 50.1 Å². The number of aliphatic hydroxyl groups is 1. The van der Waals surface area contributed by atoms with E-state index in [1.54, 1.807) is 25.1 Å². The molecular formula is C35H43N3O8S. The van der Waals surface area contributed by atoms with Gasteiger partial charge >= 0.3 is 0 Å². The quantitative estimate of drug-likeness (QED) is 0.227. The average molecular weight is 666 g/mol. The number of aromatic hydroxyl groups is 1. The normalized spacial score (nSPS) is 16.6. The van der Waals surface area contributed by atoms with E-state index >= 15 is 0 Å². The van der Waals surface area contributed by atoms with Gasteiger partial charge in [0, 0.05) is 22.4 Å². The van der Waals surface area contributed by atoms with Crippen LogP contribution >= 0.6 is 11.8 Å². The number of phenolic OH excluding ortho intramolecular Hbond substituents is 1. The van der Waals surface area contributed by atoms with E-state index in [2.05, 4.69) is 10.6 Å². The fourth-order valence-corrected chi connectivity index (χ4v) is 6.85. The molecule has 0 spiro atoms. The molecule has 0 radical (unpaired) electrons. The van der Waals surface area contributed by atoms with Gasteiger partial charge < -0.3 is 40.0 Å². The molecule has 252 valence electrons. The fourth-order valence-electron chi connectivity index (χ4n) is 5.71. The van der Waals surface area contributed by atoms with Crippen molar-refractivity contribution in [2.45, 2.75) is 63.6 Å². The lowest BCUT2D eigenvalue weighted by Crippen LogP contribution is -2.58. The van der Waals surface area contributed by atoms with Crippen LogP contribution in [0.1, 0.15) is 46.5 Å². The predicted octanol–water partition coefficient (Wildman–Crippen LogP) is 3.73. The lowest BCUT2D eigenvalue weighted by molar-refractivity contribution is -0.147. The summed E-state index contributed by atoms with van der Waals surface area (Å²) in [5.74, 6) is -0.449. The number of rotatable bonds is 12. The summed E-state index contributed by atoms with van der Waals surface area (Å²) >= 11 is 1.43. The van der Waals surface area contributed by atoms with Crippen LogP contribution in [0.5, 0.6) is 23.0 Å². The van der Waals surface area contributed by atoms with Gasteiger partial charge in [-0.1, -0.05) is 30.3 Å². The van der Waals surface area contributed by atoms with Gasteiger partial charge in [-0.2, -0.15) is 0 Å². The molecule has 3 aromatic carbocycles. The van der Waals surface area contributed by atoms with Crippen LogP contribution in [0.3, 0.4) is 0 Å². The summed E-state index contributed by atoms with van der Waals surface area (Å²) in [7, 11) is 4.42. The van der Waals surface area contributed by atoms with Gasteiger partial charge in [-0.25, -0.2) is 0 Å². The number of ether oxygens (including phenoxy) is 3. The zero-order valence-corrected chi connectivity index (χ0v) is 28.6. The van der Waals surface area contributed by atoms with Crippen molar-refractivity contribution >= 4 is 29.5 Å². The minimum absolute atomic E-state index is 0.0122. The average Bonchev–Trinajstić information content (AvgIpc) is 3.38. The predicted molar refractivity (Wildman–Crippen MR) is 180 cm³/mol. The van der Waals surface area contributed by atoms with Gasteiger partial charge in [-0.3, -0.25) is 14.4 Å². The Balaban J connectivity index is 1.65. The zero-order chi connectivity index (χ0) is 34.5. The molecule has 4 rings (SSSR count). The molecule has 0 bridgehead atoms. The highest BCUT2D eigenvalue weighted by molar-refractivity contribution is 8.00. The summed E-state index contributed by atoms with van der Waals surface area (Å²) in [6, 6.07) is 13.6. The van der Waals surface area contributed by atoms with Crippen molar-refractivity contribution in [2.75, 3.05) is 27.2 Å². The Labute approximate surface area is 279 Å². The second kappa shape index (κ2) is 15.0. The molecule has 1 aliphatic heterocycles. The molecule has 47 heavy (non-hydrogen) atoms. The number of hydrogen-bond donors (Lipinski definition) is 4. The smallest absolute Gasteiger partial charge is 0.254 e. The van der Waals surface area contributed by atoms with E-state index in [9.17, 15) is 24.6 Å². The Kier molecular flexibility index (Phi) is 11.3. The van der Waals surface area contributed by atoms with Crippen LogP contribution in [0.15, 0.2) is 54.6 Å². The van der Waals surface area contributed by atoms with E-state index in [0.29, 0.717) is 28.4 Å². The minimum Gasteiger partial charge on any atom is -0.508 e. The van der Waals surface area contributed by atoms with Crippen molar-refractivity contribution in [1.29, 1.82) is 0 Å². The van der Waals surface area contributed by atoms with Crippen molar-refractivity contribution < 1.29 is 38.8 Å². The van der Waals surface area contributed by atoms with E-state index in [1.807, 2.05) is 45.0 Å². The van der Waals surface area contributed by atoms with Crippen molar-refractivity contribution in [2.24, 2.45) is 0 Å². The number of carbonyl (C=O) groups excluding carboxylic acids is 3. The Morgan fingerprint density at radius 3 is 2.28 bits per heavy atom. The highest BCUT2D eigenvalue weighted by Gasteiger charge is 2.49. The third-order valence-electron chi connectivity index (χ3n) is 8.47. The van der Waals surface area contributed by atoms with Gasteiger partial charge in [-0.05, 0) is 75.1 Å². The number of methoxy groups -OCH3 is 3. The largest absolute Gasteiger partial charge is 0.508 e. The molecule has 0 aromatic heterocycles. The minimum atomic E-state index is -1.74. The van der Waals surface area contributed by atoms with E-state index < -0.39 is 34.7 Å². The van der Waals surface area contributed by atoms with Crippen LogP contribution in [0.4, 0.5) is 0 Å². The van der Waals surface area contributed by atoms with Gasteiger partial charge in [0.2, 0.25) is 11.7 Å². The number of aliphatic hydroxyl groups excluding tert-OH is 1. The molecule has 3 amide bonds. The molecule has 1 heterocycles. The number of hydrogen-bond acceptors (Lipinski definition) is 9. The number of phenols is 1. The van der Waals surface area contributed by atoms with Crippen molar-refractivity contribution in [1.82, 2.24) is 15.5 Å². The van der Waals surface area contributed by atoms with Crippen LogP contribution in [-0.2, 0) is 22.6 Å². The molecule has 3 atom stereocenters. The maximum atomic E-state index is 14.1. The topological polar surface area (TPSA) is 147 Å². The van der Waals surface area contributed by atoms with Gasteiger partial charge in [0.15, 0.2) is 17.6 Å². The van der Waals surface area contributed by atoms with Gasteiger partial charge in [0.05, 0.1) is 33.2 Å². The summed E-state index contributed by atoms with van der Waals surface area (Å²) in [5, 5.41) is 27.7. The number of thioether (sulfide) groups is 1. The molecule has 3 aromatic rings. The molecule has 1 aliphatic rings. The Morgan fingerprint density at radius 2 is 1.66 bits per heavy atom. The highest BCUT2D eigenvalue weighted by atomic mass is 32.2. The maximum Gasteiger partial charge on any atom is 0.254 e. The molecule has 12 heteroatoms. The van der Waals surface area contributed by atoms with E-state index in [4.69, 9.17) is 14.2 Å². The number of nitrogens with zero attached hydrogens (tertiary/aromatic N) is 1. The molecule has 0 aliphatic carbocycles. The van der Waals surface area contributed by atoms with Crippen LogP contribution < -0.4 is 24.8 Å². The number of aryl methyl sites for hydroxylation is 1. The van der Waals surface area contributed by atoms with E-state index in [0.717, 1.165) is 11.1 Å². The molecular weight excluding hydrogens is 622 g/mol. The van der Waals surface area contributed by atoms with Gasteiger partial charge in [0.1, 0.15) is 11.8 Å². The second-order valence-corrected chi connectivity index (χ2v) is 13.5. The number of carbonyl (C=O) groups is 3. The molecule has 1 fully saturated rings. The summed E-state index contributed by atoms with van der Waals surface area (Å²) in [5.41, 5.74) is 3.10. The lowest BCUT2D eigenvalue weighted by Gasteiger charge is -2.33. The number of nitrogens with one attached hydrogen (secondary N) is 2. The molecule has 4 N–H and O–H groups in total. The number of amides is 3. The summed E-state index contributed by atoms with van der Waals surface area (Å²) in [6.45, 7) is 7.62. The third kappa shape index (κ3) is 7.77. The van der Waals surface area contributed by atoms with Crippen LogP contribution in [0, 0.1) is 13.8 Å². The van der Waals surface area contributed by atoms with Gasteiger partial charge in [0.25, 0.3) is 11.8 Å². The monoisotopic (exact) mass is 665 g/mol. The molecule has 0 saturated carbocycles. The Morgan fingerprint density at radius 1 is 1.00 bits per heavy atom. The highest BCUT2D eigenvalue weighted by Crippen LogP contribution is 2.41. The first-order chi connectivity index (χ1) is 22.3. The van der Waals surface area contributed by atoms with E-state index in [-0.39, 0.29) is 36.1 Å². The molecule has 11 nitrogen and oxygen atoms in total. The zero-order valence-electron chi connectivity index (χ0n) is 27.7. The fraction of sp³-hybridized carbons (Fsp3) is 0.400. The van der Waals surface area contributed by atoms with Gasteiger partial charge in [-0.15, -0.1) is 11.8 Å². The summed E-state index contributed by atoms with van der Waals surface area (Å²) in [4.78, 5) is 42.7. The van der Waals surface area contributed by atoms with Crippen molar-refractivity contribution in [3.05, 3.63) is 82.4 Å². The number of benzene rings is 3. The second-order valence-electron chi connectivity index (χ2n) is 11.9. The van der Waals surface area contributed by atoms with Crippen LogP contribution in [-0.4, -0.2) is 83.0 Å². The Hall–Kier alpha value is -4.42. The summed E-state index contributed by atoms with van der Waals surface area (Å²) < 4.78 is 15.8. The van der Waals surface area contributed by atoms with Crippen molar-refractivity contribution in [3.8, 4) is 23.0 Å². The molecule has 1 saturated heterocycles. The maximum absolute atomic E-state index is 14.1. The van der Waals surface area contributed by atoms with Crippen molar-refractivity contribution in [3.63, 3.8) is 0 Å². The standard InChI is InChI=1S/C35H43N3O8S/c1-20-11-8-9-12-23(20)18-36-33(42)31-35(3,4)47-19-38(31)34(43)29(40)25(37-32(41)24-13-10-14-26(39)21(24)2)15-22-16-27(44-5)30(46-7)28(17-22)45-6/h8-14,16-17,25,29,31,39-40H,15,18-19H2,1-7H3,(H,36,42)(H,37,41)/t25-,29-,31?/m0/s1. The SMILES string of the molecule is COc1cc(C[C@H](NC(=O)c2cccc(O)c2C)[C@H](O)C(=O)N2CSC(C)(C)C2C(=O)NCc2ccccc2C)cc(OC)c1OC. The third-order valence-corrected chi connectivity index (χ3v) is 9.85. The first-order valence-electron chi connectivity index (χ1n) is 15.2.